The number of aromatic nitrogens is 1. The number of thiazole rings is 1. The normalized spacial score (nSPS) is 11.3. The Hall–Kier alpha value is -4.51. The van der Waals surface area contributed by atoms with Crippen molar-refractivity contribution in [3.05, 3.63) is 124 Å². The lowest BCUT2D eigenvalue weighted by Gasteiger charge is -2.12. The minimum atomic E-state index is -0.465. The molecule has 0 atom stereocenters. The summed E-state index contributed by atoms with van der Waals surface area (Å²) in [7, 11) is 0. The van der Waals surface area contributed by atoms with E-state index in [0.29, 0.717) is 22.3 Å². The molecule has 3 amide bonds. The number of hydrogen-bond donors (Lipinski definition) is 3. The molecule has 0 bridgehead atoms. The van der Waals surface area contributed by atoms with Crippen LogP contribution in [-0.4, -0.2) is 28.5 Å². The fourth-order valence-electron chi connectivity index (χ4n) is 4.12. The Balaban J connectivity index is 1.24. The topological polar surface area (TPSA) is 100 Å². The Morgan fingerprint density at radius 3 is 2.41 bits per heavy atom. The van der Waals surface area contributed by atoms with E-state index in [4.69, 9.17) is 0 Å². The first kappa shape index (κ1) is 30.9. The molecule has 5 aromatic rings. The SMILES string of the molecule is CC(C)c1ccc(/C=C(/NC(=O)c2ccccc2)C(=O)Nc2cccc(SCC(=O)Nc3nc(-c4cccs4)cs3)c2)cc1. The number of hydrogen-bond acceptors (Lipinski definition) is 7. The van der Waals surface area contributed by atoms with Crippen molar-refractivity contribution in [2.75, 3.05) is 16.4 Å². The van der Waals surface area contributed by atoms with Gasteiger partial charge in [-0.15, -0.1) is 34.4 Å². The van der Waals surface area contributed by atoms with E-state index in [9.17, 15) is 14.4 Å². The lowest BCUT2D eigenvalue weighted by atomic mass is 10.0. The van der Waals surface area contributed by atoms with Gasteiger partial charge in [-0.05, 0) is 64.9 Å². The Labute approximate surface area is 268 Å². The summed E-state index contributed by atoms with van der Waals surface area (Å²) in [5.74, 6) is -0.470. The molecular formula is C34H30N4O3S3. The third kappa shape index (κ3) is 8.53. The van der Waals surface area contributed by atoms with E-state index in [1.807, 2.05) is 59.3 Å². The van der Waals surface area contributed by atoms with Gasteiger partial charge in [0.25, 0.3) is 11.8 Å². The Bertz CT molecular complexity index is 1760. The standard InChI is InChI=1S/C34H30N4O3S3/c1-22(2)24-15-13-23(14-16-24)18-28(36-32(40)25-8-4-3-5-9-25)33(41)35-26-10-6-11-27(19-26)43-21-31(39)38-34-37-29(20-44-34)30-12-7-17-42-30/h3-20,22H,21H2,1-2H3,(H,35,41)(H,36,40)(H,37,38,39)/b28-18+. The van der Waals surface area contributed by atoms with Crippen molar-refractivity contribution in [3.63, 3.8) is 0 Å². The van der Waals surface area contributed by atoms with Crippen LogP contribution in [0.25, 0.3) is 16.6 Å². The molecule has 0 fully saturated rings. The minimum Gasteiger partial charge on any atom is -0.321 e. The lowest BCUT2D eigenvalue weighted by molar-refractivity contribution is -0.114. The largest absolute Gasteiger partial charge is 0.321 e. The molecule has 7 nitrogen and oxygen atoms in total. The van der Waals surface area contributed by atoms with Crippen LogP contribution in [0.4, 0.5) is 10.8 Å². The van der Waals surface area contributed by atoms with Crippen LogP contribution in [0.2, 0.25) is 0 Å². The van der Waals surface area contributed by atoms with Crippen molar-refractivity contribution >= 4 is 69.1 Å². The van der Waals surface area contributed by atoms with Crippen molar-refractivity contribution < 1.29 is 14.4 Å². The summed E-state index contributed by atoms with van der Waals surface area (Å²) in [6.07, 6.45) is 1.66. The molecule has 2 heterocycles. The summed E-state index contributed by atoms with van der Waals surface area (Å²) in [4.78, 5) is 45.4. The molecule has 0 aliphatic rings. The molecule has 0 unspecified atom stereocenters. The molecule has 0 radical (unpaired) electrons. The molecule has 0 aliphatic carbocycles. The first-order valence-electron chi connectivity index (χ1n) is 13.9. The van der Waals surface area contributed by atoms with Crippen molar-refractivity contribution in [1.29, 1.82) is 0 Å². The van der Waals surface area contributed by atoms with Gasteiger partial charge in [-0.2, -0.15) is 0 Å². The van der Waals surface area contributed by atoms with Gasteiger partial charge in [-0.25, -0.2) is 4.98 Å². The average Bonchev–Trinajstić information content (AvgIpc) is 3.73. The van der Waals surface area contributed by atoms with Crippen LogP contribution in [0.5, 0.6) is 0 Å². The summed E-state index contributed by atoms with van der Waals surface area (Å²) < 4.78 is 0. The quantitative estimate of drug-likeness (QED) is 0.100. The Morgan fingerprint density at radius 2 is 1.68 bits per heavy atom. The number of carbonyl (C=O) groups is 3. The molecular weight excluding hydrogens is 609 g/mol. The van der Waals surface area contributed by atoms with Gasteiger partial charge in [-0.1, -0.05) is 68.4 Å². The molecule has 10 heteroatoms. The second-order valence-electron chi connectivity index (χ2n) is 10.0. The minimum absolute atomic E-state index is 0.110. The molecule has 222 valence electrons. The van der Waals surface area contributed by atoms with Crippen molar-refractivity contribution in [2.45, 2.75) is 24.7 Å². The van der Waals surface area contributed by atoms with E-state index in [1.165, 1.54) is 28.7 Å². The van der Waals surface area contributed by atoms with Crippen LogP contribution >= 0.6 is 34.4 Å². The van der Waals surface area contributed by atoms with E-state index in [2.05, 4.69) is 34.8 Å². The fourth-order valence-corrected chi connectivity index (χ4v) is 6.36. The molecule has 3 N–H and O–H groups in total. The maximum absolute atomic E-state index is 13.5. The van der Waals surface area contributed by atoms with Crippen LogP contribution in [0.15, 0.2) is 112 Å². The summed E-state index contributed by atoms with van der Waals surface area (Å²) in [5, 5.41) is 13.0. The first-order valence-corrected chi connectivity index (χ1v) is 16.6. The number of rotatable bonds is 11. The van der Waals surface area contributed by atoms with Crippen LogP contribution in [0, 0.1) is 0 Å². The molecule has 0 spiro atoms. The van der Waals surface area contributed by atoms with E-state index >= 15 is 0 Å². The molecule has 2 aromatic heterocycles. The second-order valence-corrected chi connectivity index (χ2v) is 12.9. The second kappa shape index (κ2) is 14.8. The smallest absolute Gasteiger partial charge is 0.272 e. The number of nitrogens with one attached hydrogen (secondary N) is 3. The van der Waals surface area contributed by atoms with Gasteiger partial charge in [0, 0.05) is 21.5 Å². The number of carbonyl (C=O) groups excluding carboxylic acids is 3. The van der Waals surface area contributed by atoms with Gasteiger partial charge in [0.1, 0.15) is 5.70 Å². The fraction of sp³-hybridized carbons (Fsp3) is 0.118. The number of amides is 3. The maximum atomic E-state index is 13.5. The van der Waals surface area contributed by atoms with Crippen molar-refractivity contribution in [2.24, 2.45) is 0 Å². The number of thiophene rings is 1. The average molecular weight is 639 g/mol. The first-order chi connectivity index (χ1) is 21.3. The van der Waals surface area contributed by atoms with Gasteiger partial charge in [-0.3, -0.25) is 14.4 Å². The van der Waals surface area contributed by atoms with Gasteiger partial charge in [0.05, 0.1) is 16.3 Å². The van der Waals surface area contributed by atoms with Crippen LogP contribution in [0.3, 0.4) is 0 Å². The Kier molecular flexibility index (Phi) is 10.4. The zero-order valence-corrected chi connectivity index (χ0v) is 26.5. The van der Waals surface area contributed by atoms with E-state index in [1.54, 1.807) is 59.9 Å². The van der Waals surface area contributed by atoms with Gasteiger partial charge in [0.2, 0.25) is 5.91 Å². The molecule has 0 saturated carbocycles. The van der Waals surface area contributed by atoms with E-state index < -0.39 is 5.91 Å². The monoisotopic (exact) mass is 638 g/mol. The zero-order chi connectivity index (χ0) is 30.9. The maximum Gasteiger partial charge on any atom is 0.272 e. The highest BCUT2D eigenvalue weighted by Gasteiger charge is 2.16. The van der Waals surface area contributed by atoms with Crippen LogP contribution in [-0.2, 0) is 9.59 Å². The third-order valence-electron chi connectivity index (χ3n) is 6.43. The van der Waals surface area contributed by atoms with E-state index in [0.717, 1.165) is 21.0 Å². The molecule has 0 aliphatic heterocycles. The molecule has 0 saturated heterocycles. The predicted molar refractivity (Wildman–Crippen MR) is 182 cm³/mol. The van der Waals surface area contributed by atoms with Gasteiger partial charge >= 0.3 is 0 Å². The summed E-state index contributed by atoms with van der Waals surface area (Å²) >= 11 is 4.33. The predicted octanol–water partition coefficient (Wildman–Crippen LogP) is 8.14. The Morgan fingerprint density at radius 1 is 0.886 bits per heavy atom. The zero-order valence-electron chi connectivity index (χ0n) is 24.1. The van der Waals surface area contributed by atoms with Crippen LogP contribution in [0.1, 0.15) is 41.3 Å². The number of thioether (sulfide) groups is 1. The highest BCUT2D eigenvalue weighted by atomic mass is 32.2. The van der Waals surface area contributed by atoms with Crippen LogP contribution < -0.4 is 16.0 Å². The number of anilines is 2. The van der Waals surface area contributed by atoms with Gasteiger partial charge < -0.3 is 16.0 Å². The van der Waals surface area contributed by atoms with E-state index in [-0.39, 0.29) is 23.3 Å². The lowest BCUT2D eigenvalue weighted by Crippen LogP contribution is -2.30. The van der Waals surface area contributed by atoms with Gasteiger partial charge in [0.15, 0.2) is 5.13 Å². The number of benzene rings is 3. The van der Waals surface area contributed by atoms with Crippen molar-refractivity contribution in [3.8, 4) is 10.6 Å². The summed E-state index contributed by atoms with van der Waals surface area (Å²) in [6.45, 7) is 4.23. The third-order valence-corrected chi connectivity index (χ3v) is 9.07. The molecule has 5 rings (SSSR count). The highest BCUT2D eigenvalue weighted by molar-refractivity contribution is 8.00. The highest BCUT2D eigenvalue weighted by Crippen LogP contribution is 2.29. The molecule has 44 heavy (non-hydrogen) atoms. The summed E-state index contributed by atoms with van der Waals surface area (Å²) in [5.41, 5.74) is 3.90. The molecule has 3 aromatic carbocycles. The number of nitrogens with zero attached hydrogens (tertiary/aromatic N) is 1. The van der Waals surface area contributed by atoms with Crippen molar-refractivity contribution in [1.82, 2.24) is 10.3 Å². The summed E-state index contributed by atoms with van der Waals surface area (Å²) in [6, 6.07) is 27.8.